The second-order valence-electron chi connectivity index (χ2n) is 9.10. The molecule has 6 atom stereocenters. The van der Waals surface area contributed by atoms with Gasteiger partial charge in [-0.2, -0.15) is 0 Å². The Morgan fingerprint density at radius 2 is 1.78 bits per heavy atom. The van der Waals surface area contributed by atoms with E-state index in [2.05, 4.69) is 0 Å². The van der Waals surface area contributed by atoms with Crippen molar-refractivity contribution in [3.63, 3.8) is 0 Å². The fourth-order valence-corrected chi connectivity index (χ4v) is 3.81. The molecule has 0 aliphatic carbocycles. The van der Waals surface area contributed by atoms with Crippen LogP contribution in [0.25, 0.3) is 0 Å². The van der Waals surface area contributed by atoms with Gasteiger partial charge in [0.05, 0.1) is 13.2 Å². The number of aliphatic hydroxyl groups excluding tert-OH is 2. The smallest absolute Gasteiger partial charge is 0.184 e. The number of benzene rings is 1. The van der Waals surface area contributed by atoms with E-state index in [1.165, 1.54) is 5.56 Å². The third-order valence-corrected chi connectivity index (χ3v) is 5.67. The van der Waals surface area contributed by atoms with Crippen LogP contribution in [0.4, 0.5) is 0 Å². The molecule has 0 saturated carbocycles. The van der Waals surface area contributed by atoms with Crippen LogP contribution in [0.1, 0.15) is 50.7 Å². The highest BCUT2D eigenvalue weighted by atomic mass is 16.8. The van der Waals surface area contributed by atoms with Gasteiger partial charge in [0, 0.05) is 11.1 Å². The summed E-state index contributed by atoms with van der Waals surface area (Å²) in [5, 5.41) is 20.2. The van der Waals surface area contributed by atoms with E-state index in [1.807, 2.05) is 78.0 Å². The van der Waals surface area contributed by atoms with E-state index < -0.39 is 43.6 Å². The zero-order valence-corrected chi connectivity index (χ0v) is 19.9. The molecule has 0 radical (unpaired) electrons. The summed E-state index contributed by atoms with van der Waals surface area (Å²) in [6.07, 6.45) is 1.83. The van der Waals surface area contributed by atoms with Crippen molar-refractivity contribution >= 4 is 0 Å². The highest BCUT2D eigenvalue weighted by Crippen LogP contribution is 2.37. The molecule has 0 amide bonds. The zero-order valence-electron chi connectivity index (χ0n) is 19.9. The third-order valence-electron chi connectivity index (χ3n) is 5.67. The first-order valence-corrected chi connectivity index (χ1v) is 11.1. The number of hydrogen-bond donors (Lipinski definition) is 2. The largest absolute Gasteiger partial charge is 0.394 e. The van der Waals surface area contributed by atoms with E-state index in [4.69, 9.17) is 18.9 Å². The van der Waals surface area contributed by atoms with Gasteiger partial charge < -0.3 is 29.2 Å². The van der Waals surface area contributed by atoms with E-state index in [9.17, 15) is 10.2 Å². The average molecular weight is 445 g/mol. The Balaban J connectivity index is 1.86. The number of aliphatic hydroxyl groups is 2. The number of hydrogen-bond acceptors (Lipinski definition) is 6. The summed E-state index contributed by atoms with van der Waals surface area (Å²) in [6, 6.07) is 5.99. The molecule has 2 aliphatic heterocycles. The van der Waals surface area contributed by atoms with Gasteiger partial charge in [0.2, 0.25) is 0 Å². The summed E-state index contributed by atoms with van der Waals surface area (Å²) >= 11 is 0. The summed E-state index contributed by atoms with van der Waals surface area (Å²) in [4.78, 5) is 0. The van der Waals surface area contributed by atoms with Crippen molar-refractivity contribution in [2.24, 2.45) is 0 Å². The third kappa shape index (κ3) is 5.95. The molecule has 2 fully saturated rings. The number of ether oxygens (including phenoxy) is 4. The van der Waals surface area contributed by atoms with Gasteiger partial charge in [-0.1, -0.05) is 47.6 Å². The molecule has 0 aromatic heterocycles. The van der Waals surface area contributed by atoms with Crippen molar-refractivity contribution in [3.8, 4) is 0 Å². The number of fused-ring (bicyclic) bond motifs is 1. The van der Waals surface area contributed by atoms with Crippen LogP contribution in [0.3, 0.4) is 0 Å². The standard InChI is InChI=1S/C26H36O6/c1-15(2)7-9-19(11-16(3)4)25-29-14-22-24(32-25)23(21(28)13-27)31-26(30-22)20-10-8-17(5)18(6)12-20/h7-12,21-28H,13-14H2,1-6H3/b19-9+. The first kappa shape index (κ1) is 24.8. The monoisotopic (exact) mass is 444 g/mol. The molecule has 2 aliphatic rings. The van der Waals surface area contributed by atoms with Gasteiger partial charge in [-0.3, -0.25) is 0 Å². The SMILES string of the molecule is CC(C)=C/C=C(\C=C(C)C)C1OCC2OC(c3ccc(C)c(C)c3)OC(C(O)CO)C2O1. The maximum absolute atomic E-state index is 10.5. The Labute approximate surface area is 191 Å². The second-order valence-corrected chi connectivity index (χ2v) is 9.10. The second kappa shape index (κ2) is 10.9. The Bertz CT molecular complexity index is 878. The molecule has 3 rings (SSSR count). The van der Waals surface area contributed by atoms with Crippen LogP contribution in [0, 0.1) is 13.8 Å². The molecular weight excluding hydrogens is 408 g/mol. The van der Waals surface area contributed by atoms with Gasteiger partial charge in [0.15, 0.2) is 12.6 Å². The molecule has 176 valence electrons. The first-order valence-electron chi connectivity index (χ1n) is 11.1. The van der Waals surface area contributed by atoms with Crippen LogP contribution < -0.4 is 0 Å². The van der Waals surface area contributed by atoms with E-state index in [0.29, 0.717) is 0 Å². The Morgan fingerprint density at radius 3 is 2.41 bits per heavy atom. The molecule has 1 aromatic carbocycles. The number of allylic oxidation sites excluding steroid dienone is 4. The van der Waals surface area contributed by atoms with Crippen LogP contribution in [0.15, 0.2) is 53.1 Å². The summed E-state index contributed by atoms with van der Waals surface area (Å²) in [5.74, 6) is 0. The Kier molecular flexibility index (Phi) is 8.44. The lowest BCUT2D eigenvalue weighted by atomic mass is 9.98. The minimum atomic E-state index is -1.10. The number of aryl methyl sites for hydroxylation is 2. The summed E-state index contributed by atoms with van der Waals surface area (Å²) < 4.78 is 24.6. The molecule has 6 heteroatoms. The first-order chi connectivity index (χ1) is 15.2. The number of rotatable bonds is 6. The molecule has 0 spiro atoms. The molecular formula is C26H36O6. The minimum absolute atomic E-state index is 0.289. The Morgan fingerprint density at radius 1 is 1.03 bits per heavy atom. The molecule has 6 nitrogen and oxygen atoms in total. The van der Waals surface area contributed by atoms with E-state index in [-0.39, 0.29) is 6.61 Å². The molecule has 0 bridgehead atoms. The van der Waals surface area contributed by atoms with Crippen LogP contribution in [0.5, 0.6) is 0 Å². The lowest BCUT2D eigenvalue weighted by molar-refractivity contribution is -0.365. The van der Waals surface area contributed by atoms with Crippen molar-refractivity contribution < 1.29 is 29.2 Å². The fraction of sp³-hybridized carbons (Fsp3) is 0.538. The van der Waals surface area contributed by atoms with Gasteiger partial charge in [-0.05, 0) is 52.7 Å². The predicted molar refractivity (Wildman–Crippen MR) is 123 cm³/mol. The zero-order chi connectivity index (χ0) is 23.4. The molecule has 2 heterocycles. The fourth-order valence-electron chi connectivity index (χ4n) is 3.81. The molecule has 6 unspecified atom stereocenters. The normalized spacial score (nSPS) is 29.1. The molecule has 2 N–H and O–H groups in total. The Hall–Kier alpha value is -1.80. The van der Waals surface area contributed by atoms with E-state index in [1.54, 1.807) is 0 Å². The van der Waals surface area contributed by atoms with Crippen molar-refractivity contribution in [1.82, 2.24) is 0 Å². The maximum atomic E-state index is 10.5. The average Bonchev–Trinajstić information content (AvgIpc) is 2.76. The van der Waals surface area contributed by atoms with Crippen LogP contribution in [-0.2, 0) is 18.9 Å². The highest BCUT2D eigenvalue weighted by Gasteiger charge is 2.48. The van der Waals surface area contributed by atoms with Crippen LogP contribution in [0.2, 0.25) is 0 Å². The van der Waals surface area contributed by atoms with Crippen molar-refractivity contribution in [1.29, 1.82) is 0 Å². The lowest BCUT2D eigenvalue weighted by Gasteiger charge is -2.47. The van der Waals surface area contributed by atoms with Gasteiger partial charge >= 0.3 is 0 Å². The lowest BCUT2D eigenvalue weighted by Crippen LogP contribution is -2.59. The van der Waals surface area contributed by atoms with Crippen molar-refractivity contribution in [2.45, 2.75) is 78.5 Å². The van der Waals surface area contributed by atoms with E-state index >= 15 is 0 Å². The predicted octanol–water partition coefficient (Wildman–Crippen LogP) is 4.04. The van der Waals surface area contributed by atoms with Gasteiger partial charge in [0.1, 0.15) is 24.4 Å². The van der Waals surface area contributed by atoms with Crippen molar-refractivity contribution in [3.05, 3.63) is 69.8 Å². The van der Waals surface area contributed by atoms with Crippen LogP contribution >= 0.6 is 0 Å². The van der Waals surface area contributed by atoms with Gasteiger partial charge in [-0.15, -0.1) is 0 Å². The van der Waals surface area contributed by atoms with Gasteiger partial charge in [-0.25, -0.2) is 0 Å². The molecule has 32 heavy (non-hydrogen) atoms. The van der Waals surface area contributed by atoms with Gasteiger partial charge in [0.25, 0.3) is 0 Å². The molecule has 1 aromatic rings. The van der Waals surface area contributed by atoms with Crippen LogP contribution in [-0.4, -0.2) is 54.1 Å². The maximum Gasteiger partial charge on any atom is 0.184 e. The summed E-state index contributed by atoms with van der Waals surface area (Å²) in [6.45, 7) is 12.0. The summed E-state index contributed by atoms with van der Waals surface area (Å²) in [5.41, 5.74) is 6.31. The van der Waals surface area contributed by atoms with E-state index in [0.717, 1.165) is 27.8 Å². The minimum Gasteiger partial charge on any atom is -0.394 e. The van der Waals surface area contributed by atoms with Crippen molar-refractivity contribution in [2.75, 3.05) is 13.2 Å². The highest BCUT2D eigenvalue weighted by molar-refractivity contribution is 5.31. The summed E-state index contributed by atoms with van der Waals surface area (Å²) in [7, 11) is 0. The quantitative estimate of drug-likeness (QED) is 0.645. The topological polar surface area (TPSA) is 77.4 Å². The molecule has 2 saturated heterocycles.